The van der Waals surface area contributed by atoms with Gasteiger partial charge in [-0.05, 0) is 12.5 Å². The van der Waals surface area contributed by atoms with Crippen molar-refractivity contribution < 1.29 is 9.53 Å². The minimum absolute atomic E-state index is 0.308. The third-order valence-electron chi connectivity index (χ3n) is 1.55. The van der Waals surface area contributed by atoms with Crippen LogP contribution in [0.3, 0.4) is 0 Å². The zero-order chi connectivity index (χ0) is 9.68. The van der Waals surface area contributed by atoms with E-state index in [9.17, 15) is 4.79 Å². The molecule has 1 aromatic rings. The van der Waals surface area contributed by atoms with E-state index in [4.69, 9.17) is 4.74 Å². The maximum Gasteiger partial charge on any atom is 0.340 e. The van der Waals surface area contributed by atoms with E-state index in [1.165, 1.54) is 0 Å². The first kappa shape index (κ1) is 9.45. The molecule has 3 heteroatoms. The Morgan fingerprint density at radius 3 is 2.92 bits per heavy atom. The van der Waals surface area contributed by atoms with Gasteiger partial charge in [0.05, 0.1) is 0 Å². The number of aromatic nitrogens is 1. The maximum absolute atomic E-state index is 11.2. The normalized spacial score (nSPS) is 9.31. The van der Waals surface area contributed by atoms with Crippen LogP contribution >= 0.6 is 0 Å². The molecule has 0 saturated carbocycles. The monoisotopic (exact) mass is 177 g/mol. The van der Waals surface area contributed by atoms with Gasteiger partial charge in [-0.3, -0.25) is 0 Å². The van der Waals surface area contributed by atoms with E-state index in [1.54, 1.807) is 24.4 Å². The summed E-state index contributed by atoms with van der Waals surface area (Å²) in [6.07, 6.45) is 2.16. The zero-order valence-corrected chi connectivity index (χ0v) is 7.49. The van der Waals surface area contributed by atoms with Crippen LogP contribution in [0.15, 0.2) is 36.5 Å². The zero-order valence-electron chi connectivity index (χ0n) is 7.49. The average molecular weight is 177 g/mol. The Morgan fingerprint density at radius 2 is 2.38 bits per heavy atom. The summed E-state index contributed by atoms with van der Waals surface area (Å²) in [5.74, 6) is -0.108. The molecule has 0 aliphatic carbocycles. The van der Waals surface area contributed by atoms with Crippen molar-refractivity contribution >= 4 is 5.97 Å². The highest BCUT2D eigenvalue weighted by atomic mass is 16.5. The number of carbonyl (C=O) groups excluding carboxylic acids is 1. The molecule has 0 fully saturated rings. The standard InChI is InChI=1S/C10H11NO2/c1-3-8(2)10(12)13-9-6-4-5-7-11-9/h4-7H,2-3H2,1H3. The molecular weight excluding hydrogens is 166 g/mol. The lowest BCUT2D eigenvalue weighted by Gasteiger charge is -2.02. The molecule has 0 aromatic carbocycles. The molecule has 1 heterocycles. The van der Waals surface area contributed by atoms with Crippen LogP contribution in [-0.2, 0) is 4.79 Å². The summed E-state index contributed by atoms with van der Waals surface area (Å²) >= 11 is 0. The molecule has 0 unspecified atom stereocenters. The molecule has 0 saturated heterocycles. The fourth-order valence-corrected chi connectivity index (χ4v) is 0.719. The van der Waals surface area contributed by atoms with Crippen LogP contribution in [0.2, 0.25) is 0 Å². The second-order valence-corrected chi connectivity index (χ2v) is 2.51. The summed E-state index contributed by atoms with van der Waals surface area (Å²) in [7, 11) is 0. The lowest BCUT2D eigenvalue weighted by atomic mass is 10.2. The first-order valence-electron chi connectivity index (χ1n) is 4.05. The van der Waals surface area contributed by atoms with Gasteiger partial charge in [0.1, 0.15) is 0 Å². The summed E-state index contributed by atoms with van der Waals surface area (Å²) in [5, 5.41) is 0. The van der Waals surface area contributed by atoms with Crippen molar-refractivity contribution in [3.63, 3.8) is 0 Å². The Morgan fingerprint density at radius 1 is 1.62 bits per heavy atom. The summed E-state index contributed by atoms with van der Waals surface area (Å²) in [5.41, 5.74) is 0.450. The minimum Gasteiger partial charge on any atom is -0.404 e. The van der Waals surface area contributed by atoms with Gasteiger partial charge in [-0.1, -0.05) is 19.6 Å². The van der Waals surface area contributed by atoms with E-state index in [1.807, 2.05) is 6.92 Å². The van der Waals surface area contributed by atoms with E-state index in [2.05, 4.69) is 11.6 Å². The predicted molar refractivity (Wildman–Crippen MR) is 49.3 cm³/mol. The summed E-state index contributed by atoms with van der Waals surface area (Å²) in [6.45, 7) is 5.42. The molecule has 1 rings (SSSR count). The number of hydrogen-bond donors (Lipinski definition) is 0. The van der Waals surface area contributed by atoms with Crippen molar-refractivity contribution in [2.45, 2.75) is 13.3 Å². The molecule has 0 atom stereocenters. The molecule has 3 nitrogen and oxygen atoms in total. The van der Waals surface area contributed by atoms with Crippen molar-refractivity contribution in [2.24, 2.45) is 0 Å². The Labute approximate surface area is 77.1 Å². The fourth-order valence-electron chi connectivity index (χ4n) is 0.719. The summed E-state index contributed by atoms with van der Waals surface area (Å²) in [4.78, 5) is 15.0. The first-order chi connectivity index (χ1) is 6.24. The van der Waals surface area contributed by atoms with Crippen LogP contribution in [0.5, 0.6) is 5.88 Å². The fraction of sp³-hybridized carbons (Fsp3) is 0.200. The second-order valence-electron chi connectivity index (χ2n) is 2.51. The first-order valence-corrected chi connectivity index (χ1v) is 4.05. The van der Waals surface area contributed by atoms with Crippen molar-refractivity contribution in [1.82, 2.24) is 4.98 Å². The highest BCUT2D eigenvalue weighted by Crippen LogP contribution is 2.07. The molecule has 0 N–H and O–H groups in total. The van der Waals surface area contributed by atoms with Gasteiger partial charge < -0.3 is 4.74 Å². The summed E-state index contributed by atoms with van der Waals surface area (Å²) < 4.78 is 4.92. The van der Waals surface area contributed by atoms with E-state index in [0.717, 1.165) is 0 Å². The van der Waals surface area contributed by atoms with Gasteiger partial charge in [-0.15, -0.1) is 0 Å². The maximum atomic E-state index is 11.2. The third-order valence-corrected chi connectivity index (χ3v) is 1.55. The van der Waals surface area contributed by atoms with Crippen molar-refractivity contribution in [3.8, 4) is 5.88 Å². The van der Waals surface area contributed by atoms with Crippen LogP contribution < -0.4 is 4.74 Å². The number of hydrogen-bond acceptors (Lipinski definition) is 3. The molecule has 0 amide bonds. The number of rotatable bonds is 3. The number of nitrogens with zero attached hydrogens (tertiary/aromatic N) is 1. The molecule has 1 aromatic heterocycles. The summed E-state index contributed by atoms with van der Waals surface area (Å²) in [6, 6.07) is 5.14. The SMILES string of the molecule is C=C(CC)C(=O)Oc1ccccn1. The lowest BCUT2D eigenvalue weighted by Crippen LogP contribution is -2.10. The molecule has 0 radical (unpaired) electrons. The van der Waals surface area contributed by atoms with Gasteiger partial charge >= 0.3 is 5.97 Å². The average Bonchev–Trinajstić information content (AvgIpc) is 2.18. The molecule has 0 spiro atoms. The van der Waals surface area contributed by atoms with E-state index in [0.29, 0.717) is 17.9 Å². The lowest BCUT2D eigenvalue weighted by molar-refractivity contribution is -0.130. The molecular formula is C10H11NO2. The van der Waals surface area contributed by atoms with Crippen molar-refractivity contribution in [1.29, 1.82) is 0 Å². The van der Waals surface area contributed by atoms with Crippen LogP contribution in [0.1, 0.15) is 13.3 Å². The minimum atomic E-state index is -0.416. The predicted octanol–water partition coefficient (Wildman–Crippen LogP) is 1.95. The van der Waals surface area contributed by atoms with Gasteiger partial charge in [0.2, 0.25) is 5.88 Å². The molecule has 0 bridgehead atoms. The van der Waals surface area contributed by atoms with Crippen molar-refractivity contribution in [2.75, 3.05) is 0 Å². The van der Waals surface area contributed by atoms with Gasteiger partial charge in [-0.25, -0.2) is 9.78 Å². The van der Waals surface area contributed by atoms with E-state index < -0.39 is 5.97 Å². The Kier molecular flexibility index (Phi) is 3.20. The number of pyridine rings is 1. The number of esters is 1. The van der Waals surface area contributed by atoms with Gasteiger partial charge in [-0.2, -0.15) is 0 Å². The van der Waals surface area contributed by atoms with Crippen molar-refractivity contribution in [3.05, 3.63) is 36.5 Å². The highest BCUT2D eigenvalue weighted by Gasteiger charge is 2.07. The Bertz CT molecular complexity index is 306. The highest BCUT2D eigenvalue weighted by molar-refractivity contribution is 5.89. The van der Waals surface area contributed by atoms with E-state index >= 15 is 0 Å². The topological polar surface area (TPSA) is 39.2 Å². The third kappa shape index (κ3) is 2.71. The molecule has 0 aliphatic rings. The molecule has 13 heavy (non-hydrogen) atoms. The van der Waals surface area contributed by atoms with Crippen LogP contribution in [0.25, 0.3) is 0 Å². The van der Waals surface area contributed by atoms with Crippen LogP contribution in [-0.4, -0.2) is 11.0 Å². The smallest absolute Gasteiger partial charge is 0.340 e. The Hall–Kier alpha value is -1.64. The second kappa shape index (κ2) is 4.40. The van der Waals surface area contributed by atoms with Crippen LogP contribution in [0.4, 0.5) is 0 Å². The van der Waals surface area contributed by atoms with Gasteiger partial charge in [0.15, 0.2) is 0 Å². The Balaban J connectivity index is 2.60. The largest absolute Gasteiger partial charge is 0.404 e. The molecule has 68 valence electrons. The number of carbonyl (C=O) groups is 1. The number of ether oxygens (including phenoxy) is 1. The molecule has 0 aliphatic heterocycles. The van der Waals surface area contributed by atoms with Crippen LogP contribution in [0, 0.1) is 0 Å². The van der Waals surface area contributed by atoms with Gasteiger partial charge in [0.25, 0.3) is 0 Å². The van der Waals surface area contributed by atoms with Gasteiger partial charge in [0, 0.05) is 17.8 Å². The quantitative estimate of drug-likeness (QED) is 0.523. The van der Waals surface area contributed by atoms with E-state index in [-0.39, 0.29) is 0 Å².